The summed E-state index contributed by atoms with van der Waals surface area (Å²) in [5.74, 6) is 0.695. The molecular weight excluding hydrogens is 324 g/mol. The predicted molar refractivity (Wildman–Crippen MR) is 91.7 cm³/mol. The lowest BCUT2D eigenvalue weighted by molar-refractivity contribution is -0.140. The Balaban J connectivity index is 1.34. The lowest BCUT2D eigenvalue weighted by Gasteiger charge is -2.43. The third kappa shape index (κ3) is 3.64. The number of thiazole rings is 1. The summed E-state index contributed by atoms with van der Waals surface area (Å²) in [6.07, 6.45) is 7.64. The fourth-order valence-electron chi connectivity index (χ4n) is 3.44. The Labute approximate surface area is 145 Å². The van der Waals surface area contributed by atoms with E-state index >= 15 is 0 Å². The highest BCUT2D eigenvalue weighted by Gasteiger charge is 2.38. The van der Waals surface area contributed by atoms with Crippen molar-refractivity contribution in [3.05, 3.63) is 29.5 Å². The Hall–Kier alpha value is -1.41. The average Bonchev–Trinajstić information content (AvgIpc) is 3.11. The first-order valence-electron chi connectivity index (χ1n) is 8.50. The first kappa shape index (κ1) is 16.1. The number of ether oxygens (including phenoxy) is 2. The summed E-state index contributed by atoms with van der Waals surface area (Å²) < 4.78 is 11.6. The third-order valence-corrected chi connectivity index (χ3v) is 5.66. The zero-order valence-corrected chi connectivity index (χ0v) is 14.4. The van der Waals surface area contributed by atoms with E-state index in [1.807, 2.05) is 6.07 Å². The zero-order chi connectivity index (χ0) is 16.2. The molecule has 2 aliphatic heterocycles. The van der Waals surface area contributed by atoms with E-state index in [1.165, 1.54) is 0 Å². The second-order valence-electron chi connectivity index (χ2n) is 6.43. The molecule has 128 valence electrons. The summed E-state index contributed by atoms with van der Waals surface area (Å²) in [4.78, 5) is 13.2. The van der Waals surface area contributed by atoms with E-state index < -0.39 is 0 Å². The van der Waals surface area contributed by atoms with Crippen molar-refractivity contribution in [2.75, 3.05) is 19.8 Å². The van der Waals surface area contributed by atoms with E-state index in [2.05, 4.69) is 25.6 Å². The maximum Gasteiger partial charge on any atom is 0.188 e. The van der Waals surface area contributed by atoms with Crippen LogP contribution in [0.1, 0.15) is 31.4 Å². The highest BCUT2D eigenvalue weighted by Crippen LogP contribution is 2.34. The normalized spacial score (nSPS) is 23.4. The molecule has 2 fully saturated rings. The lowest BCUT2D eigenvalue weighted by Crippen LogP contribution is -2.49. The molecule has 0 saturated carbocycles. The minimum absolute atomic E-state index is 0.0271. The number of nitrogens with one attached hydrogen (secondary N) is 1. The molecular formula is C17H22N4O2S. The van der Waals surface area contributed by atoms with Crippen LogP contribution < -0.4 is 5.32 Å². The molecule has 2 aliphatic rings. The third-order valence-electron chi connectivity index (χ3n) is 4.78. The van der Waals surface area contributed by atoms with Crippen LogP contribution in [-0.2, 0) is 16.0 Å². The van der Waals surface area contributed by atoms with Crippen LogP contribution in [0.15, 0.2) is 23.8 Å². The lowest BCUT2D eigenvalue weighted by atomic mass is 9.84. The van der Waals surface area contributed by atoms with Gasteiger partial charge < -0.3 is 14.8 Å². The molecule has 7 heteroatoms. The molecule has 4 rings (SSSR count). The van der Waals surface area contributed by atoms with E-state index in [-0.39, 0.29) is 5.60 Å². The molecule has 2 aromatic rings. The van der Waals surface area contributed by atoms with E-state index in [4.69, 9.17) is 9.47 Å². The molecule has 1 spiro atoms. The number of nitrogens with zero attached hydrogens (tertiary/aromatic N) is 3. The van der Waals surface area contributed by atoms with Crippen molar-refractivity contribution in [1.82, 2.24) is 20.3 Å². The van der Waals surface area contributed by atoms with Crippen LogP contribution in [0.4, 0.5) is 0 Å². The summed E-state index contributed by atoms with van der Waals surface area (Å²) in [5, 5.41) is 6.62. The van der Waals surface area contributed by atoms with Crippen LogP contribution in [0.2, 0.25) is 0 Å². The van der Waals surface area contributed by atoms with E-state index in [0.717, 1.165) is 62.8 Å². The maximum absolute atomic E-state index is 6.10. The van der Waals surface area contributed by atoms with Crippen molar-refractivity contribution in [2.24, 2.45) is 0 Å². The number of rotatable bonds is 4. The van der Waals surface area contributed by atoms with Gasteiger partial charge in [-0.1, -0.05) is 0 Å². The SMILES string of the molecule is c1cnc(-c2nc(CNC3CCOC4(CCOCC4)C3)cs2)nc1. The van der Waals surface area contributed by atoms with E-state index in [1.54, 1.807) is 23.7 Å². The van der Waals surface area contributed by atoms with Gasteiger partial charge in [0, 0.05) is 50.2 Å². The minimum Gasteiger partial charge on any atom is -0.381 e. The smallest absolute Gasteiger partial charge is 0.188 e. The standard InChI is InChI=1S/C17H22N4O2S/c1-5-18-15(19-6-1)16-21-14(12-24-16)11-20-13-2-7-23-17(10-13)3-8-22-9-4-17/h1,5-6,12-13,20H,2-4,7-11H2. The predicted octanol–water partition coefficient (Wildman–Crippen LogP) is 2.42. The number of aromatic nitrogens is 3. The zero-order valence-electron chi connectivity index (χ0n) is 13.6. The van der Waals surface area contributed by atoms with Crippen molar-refractivity contribution in [2.45, 2.75) is 43.9 Å². The molecule has 2 saturated heterocycles. The molecule has 0 aromatic carbocycles. The molecule has 0 radical (unpaired) electrons. The topological polar surface area (TPSA) is 69.2 Å². The Morgan fingerprint density at radius 3 is 2.88 bits per heavy atom. The van der Waals surface area contributed by atoms with Gasteiger partial charge in [-0.25, -0.2) is 15.0 Å². The van der Waals surface area contributed by atoms with Crippen molar-refractivity contribution in [1.29, 1.82) is 0 Å². The van der Waals surface area contributed by atoms with E-state index in [0.29, 0.717) is 11.9 Å². The van der Waals surface area contributed by atoms with E-state index in [9.17, 15) is 0 Å². The first-order valence-corrected chi connectivity index (χ1v) is 9.38. The second-order valence-corrected chi connectivity index (χ2v) is 7.29. The van der Waals surface area contributed by atoms with Gasteiger partial charge in [0.05, 0.1) is 11.3 Å². The molecule has 0 bridgehead atoms. The number of hydrogen-bond donors (Lipinski definition) is 1. The Kier molecular flexibility index (Phi) is 4.84. The molecule has 2 aromatic heterocycles. The minimum atomic E-state index is 0.0271. The Morgan fingerprint density at radius 2 is 2.04 bits per heavy atom. The highest BCUT2D eigenvalue weighted by atomic mass is 32.1. The molecule has 0 amide bonds. The Morgan fingerprint density at radius 1 is 1.21 bits per heavy atom. The quantitative estimate of drug-likeness (QED) is 0.917. The fraction of sp³-hybridized carbons (Fsp3) is 0.588. The van der Waals surface area contributed by atoms with Gasteiger partial charge in [0.25, 0.3) is 0 Å². The van der Waals surface area contributed by atoms with Gasteiger partial charge in [-0.15, -0.1) is 11.3 Å². The van der Waals surface area contributed by atoms with Crippen molar-refractivity contribution < 1.29 is 9.47 Å². The first-order chi connectivity index (χ1) is 11.8. The van der Waals surface area contributed by atoms with Gasteiger partial charge in [0.2, 0.25) is 0 Å². The monoisotopic (exact) mass is 346 g/mol. The summed E-state index contributed by atoms with van der Waals surface area (Å²) in [6.45, 7) is 3.25. The highest BCUT2D eigenvalue weighted by molar-refractivity contribution is 7.13. The molecule has 0 aliphatic carbocycles. The molecule has 24 heavy (non-hydrogen) atoms. The van der Waals surface area contributed by atoms with Gasteiger partial charge in [0.1, 0.15) is 0 Å². The van der Waals surface area contributed by atoms with Crippen molar-refractivity contribution in [3.63, 3.8) is 0 Å². The van der Waals surface area contributed by atoms with Crippen LogP contribution in [0, 0.1) is 0 Å². The Bertz CT molecular complexity index is 652. The summed E-state index contributed by atoms with van der Waals surface area (Å²) in [5.41, 5.74) is 1.08. The fourth-order valence-corrected chi connectivity index (χ4v) is 4.21. The van der Waals surface area contributed by atoms with Gasteiger partial charge in [-0.2, -0.15) is 0 Å². The molecule has 4 heterocycles. The number of hydrogen-bond acceptors (Lipinski definition) is 7. The molecule has 1 N–H and O–H groups in total. The van der Waals surface area contributed by atoms with Gasteiger partial charge >= 0.3 is 0 Å². The largest absolute Gasteiger partial charge is 0.381 e. The summed E-state index contributed by atoms with van der Waals surface area (Å²) in [7, 11) is 0. The van der Waals surface area contributed by atoms with Crippen LogP contribution in [0.25, 0.3) is 10.8 Å². The molecule has 1 unspecified atom stereocenters. The van der Waals surface area contributed by atoms with Gasteiger partial charge in [0.15, 0.2) is 10.8 Å². The van der Waals surface area contributed by atoms with Crippen LogP contribution >= 0.6 is 11.3 Å². The summed E-state index contributed by atoms with van der Waals surface area (Å²) >= 11 is 1.59. The van der Waals surface area contributed by atoms with Crippen molar-refractivity contribution in [3.8, 4) is 10.8 Å². The van der Waals surface area contributed by atoms with Crippen molar-refractivity contribution >= 4 is 11.3 Å². The van der Waals surface area contributed by atoms with Crippen LogP contribution in [0.5, 0.6) is 0 Å². The molecule has 1 atom stereocenters. The van der Waals surface area contributed by atoms with Gasteiger partial charge in [-0.3, -0.25) is 0 Å². The molecule has 6 nitrogen and oxygen atoms in total. The van der Waals surface area contributed by atoms with Crippen LogP contribution in [0.3, 0.4) is 0 Å². The second kappa shape index (κ2) is 7.23. The van der Waals surface area contributed by atoms with Gasteiger partial charge in [-0.05, 0) is 31.7 Å². The summed E-state index contributed by atoms with van der Waals surface area (Å²) in [6, 6.07) is 2.30. The average molecular weight is 346 g/mol. The maximum atomic E-state index is 6.10. The van der Waals surface area contributed by atoms with Crippen LogP contribution in [-0.4, -0.2) is 46.4 Å².